The summed E-state index contributed by atoms with van der Waals surface area (Å²) in [5.74, 6) is -0.881. The fraction of sp³-hybridized carbons (Fsp3) is 0.500. The van der Waals surface area contributed by atoms with Gasteiger partial charge < -0.3 is 14.7 Å². The topological polar surface area (TPSA) is 49.8 Å². The maximum atomic E-state index is 10.9. The van der Waals surface area contributed by atoms with Gasteiger partial charge in [0.05, 0.1) is 17.8 Å². The van der Waals surface area contributed by atoms with Crippen molar-refractivity contribution in [3.8, 4) is 0 Å². The average Bonchev–Trinajstić information content (AvgIpc) is 2.27. The van der Waals surface area contributed by atoms with Crippen LogP contribution in [0.15, 0.2) is 18.2 Å². The van der Waals surface area contributed by atoms with Crippen molar-refractivity contribution in [2.24, 2.45) is 0 Å². The minimum absolute atomic E-state index is 0.201. The van der Waals surface area contributed by atoms with Crippen molar-refractivity contribution >= 4 is 11.7 Å². The standard InChI is InChI=1S/C14H19NO3/c1-9-6-12(14(16)17)4-5-13(9)15-7-10(2)18-11(3)8-15/h4-6,10-11H,7-8H2,1-3H3,(H,16,17). The summed E-state index contributed by atoms with van der Waals surface area (Å²) < 4.78 is 5.70. The van der Waals surface area contributed by atoms with Gasteiger partial charge in [-0.3, -0.25) is 0 Å². The normalized spacial score (nSPS) is 24.1. The second-order valence-electron chi connectivity index (χ2n) is 4.97. The summed E-state index contributed by atoms with van der Waals surface area (Å²) in [5.41, 5.74) is 2.43. The van der Waals surface area contributed by atoms with Crippen LogP contribution in [-0.2, 0) is 4.74 Å². The Kier molecular flexibility index (Phi) is 3.57. The lowest BCUT2D eigenvalue weighted by Gasteiger charge is -2.37. The monoisotopic (exact) mass is 249 g/mol. The first kappa shape index (κ1) is 12.9. The Morgan fingerprint density at radius 2 is 1.94 bits per heavy atom. The molecule has 1 fully saturated rings. The fourth-order valence-electron chi connectivity index (χ4n) is 2.52. The molecule has 1 saturated heterocycles. The van der Waals surface area contributed by atoms with Crippen molar-refractivity contribution in [3.63, 3.8) is 0 Å². The molecule has 4 heteroatoms. The van der Waals surface area contributed by atoms with Crippen LogP contribution in [0.25, 0.3) is 0 Å². The molecule has 1 aliphatic rings. The fourth-order valence-corrected chi connectivity index (χ4v) is 2.52. The van der Waals surface area contributed by atoms with Gasteiger partial charge in [-0.1, -0.05) is 0 Å². The van der Waals surface area contributed by atoms with Gasteiger partial charge in [0.2, 0.25) is 0 Å². The number of carbonyl (C=O) groups is 1. The van der Waals surface area contributed by atoms with E-state index < -0.39 is 5.97 Å². The number of morpholine rings is 1. The summed E-state index contributed by atoms with van der Waals surface area (Å²) in [4.78, 5) is 13.2. The quantitative estimate of drug-likeness (QED) is 0.873. The van der Waals surface area contributed by atoms with Crippen molar-refractivity contribution in [3.05, 3.63) is 29.3 Å². The highest BCUT2D eigenvalue weighted by atomic mass is 16.5. The van der Waals surface area contributed by atoms with Crippen LogP contribution in [0.4, 0.5) is 5.69 Å². The van der Waals surface area contributed by atoms with Crippen LogP contribution in [0.2, 0.25) is 0 Å². The van der Waals surface area contributed by atoms with Crippen LogP contribution in [0, 0.1) is 6.92 Å². The Bertz CT molecular complexity index is 448. The highest BCUT2D eigenvalue weighted by Gasteiger charge is 2.23. The molecule has 0 radical (unpaired) electrons. The number of ether oxygens (including phenoxy) is 1. The van der Waals surface area contributed by atoms with Crippen molar-refractivity contribution in [2.75, 3.05) is 18.0 Å². The molecule has 1 aliphatic heterocycles. The molecule has 1 heterocycles. The van der Waals surface area contributed by atoms with Gasteiger partial charge in [0, 0.05) is 18.8 Å². The average molecular weight is 249 g/mol. The Labute approximate surface area is 107 Å². The van der Waals surface area contributed by atoms with E-state index in [0.717, 1.165) is 24.3 Å². The van der Waals surface area contributed by atoms with Gasteiger partial charge in [-0.15, -0.1) is 0 Å². The van der Waals surface area contributed by atoms with E-state index in [0.29, 0.717) is 5.56 Å². The van der Waals surface area contributed by atoms with Crippen LogP contribution < -0.4 is 4.90 Å². The molecule has 4 nitrogen and oxygen atoms in total. The van der Waals surface area contributed by atoms with Gasteiger partial charge in [-0.25, -0.2) is 4.79 Å². The number of anilines is 1. The molecule has 0 aromatic heterocycles. The van der Waals surface area contributed by atoms with Gasteiger partial charge in [-0.05, 0) is 44.5 Å². The lowest BCUT2D eigenvalue weighted by molar-refractivity contribution is -0.00525. The van der Waals surface area contributed by atoms with Crippen molar-refractivity contribution in [1.29, 1.82) is 0 Å². The molecule has 0 spiro atoms. The zero-order valence-electron chi connectivity index (χ0n) is 11.0. The molecule has 0 bridgehead atoms. The largest absolute Gasteiger partial charge is 0.478 e. The maximum absolute atomic E-state index is 10.9. The number of aromatic carboxylic acids is 1. The van der Waals surface area contributed by atoms with E-state index in [9.17, 15) is 4.79 Å². The number of rotatable bonds is 2. The van der Waals surface area contributed by atoms with E-state index in [1.54, 1.807) is 12.1 Å². The Balaban J connectivity index is 2.25. The van der Waals surface area contributed by atoms with Gasteiger partial charge >= 0.3 is 5.97 Å². The Morgan fingerprint density at radius 3 is 2.44 bits per heavy atom. The van der Waals surface area contributed by atoms with Crippen LogP contribution in [0.1, 0.15) is 29.8 Å². The van der Waals surface area contributed by atoms with Crippen molar-refractivity contribution in [1.82, 2.24) is 0 Å². The van der Waals surface area contributed by atoms with E-state index in [4.69, 9.17) is 9.84 Å². The molecule has 2 unspecified atom stereocenters. The van der Waals surface area contributed by atoms with Gasteiger partial charge in [0.25, 0.3) is 0 Å². The predicted octanol–water partition coefficient (Wildman–Crippen LogP) is 2.31. The van der Waals surface area contributed by atoms with E-state index in [1.807, 2.05) is 13.0 Å². The second kappa shape index (κ2) is 4.98. The highest BCUT2D eigenvalue weighted by molar-refractivity contribution is 5.88. The van der Waals surface area contributed by atoms with Crippen LogP contribution in [0.3, 0.4) is 0 Å². The SMILES string of the molecule is Cc1cc(C(=O)O)ccc1N1CC(C)OC(C)C1. The predicted molar refractivity (Wildman–Crippen MR) is 70.4 cm³/mol. The Hall–Kier alpha value is -1.55. The number of nitrogens with zero attached hydrogens (tertiary/aromatic N) is 1. The van der Waals surface area contributed by atoms with E-state index in [1.165, 1.54) is 0 Å². The minimum atomic E-state index is -0.881. The Morgan fingerprint density at radius 1 is 1.33 bits per heavy atom. The van der Waals surface area contributed by atoms with Crippen molar-refractivity contribution in [2.45, 2.75) is 33.0 Å². The number of benzene rings is 1. The van der Waals surface area contributed by atoms with Crippen LogP contribution in [-0.4, -0.2) is 36.4 Å². The first-order valence-electron chi connectivity index (χ1n) is 6.21. The summed E-state index contributed by atoms with van der Waals surface area (Å²) >= 11 is 0. The molecule has 0 saturated carbocycles. The second-order valence-corrected chi connectivity index (χ2v) is 4.97. The molecule has 0 aliphatic carbocycles. The zero-order valence-corrected chi connectivity index (χ0v) is 11.0. The van der Waals surface area contributed by atoms with Crippen molar-refractivity contribution < 1.29 is 14.6 Å². The van der Waals surface area contributed by atoms with E-state index in [2.05, 4.69) is 18.7 Å². The molecule has 98 valence electrons. The molecule has 2 atom stereocenters. The number of carboxylic acid groups (broad SMARTS) is 1. The lowest BCUT2D eigenvalue weighted by atomic mass is 10.1. The first-order valence-corrected chi connectivity index (χ1v) is 6.21. The molecular formula is C14H19NO3. The number of hydrogen-bond donors (Lipinski definition) is 1. The highest BCUT2D eigenvalue weighted by Crippen LogP contribution is 2.25. The smallest absolute Gasteiger partial charge is 0.335 e. The number of carboxylic acids is 1. The molecule has 1 N–H and O–H groups in total. The van der Waals surface area contributed by atoms with Gasteiger partial charge in [0.15, 0.2) is 0 Å². The minimum Gasteiger partial charge on any atom is -0.478 e. The summed E-state index contributed by atoms with van der Waals surface area (Å²) in [6.45, 7) is 7.76. The summed E-state index contributed by atoms with van der Waals surface area (Å²) in [6, 6.07) is 5.28. The third-order valence-corrected chi connectivity index (χ3v) is 3.20. The number of aryl methyl sites for hydroxylation is 1. The summed E-state index contributed by atoms with van der Waals surface area (Å²) in [6.07, 6.45) is 0.402. The maximum Gasteiger partial charge on any atom is 0.335 e. The molecule has 18 heavy (non-hydrogen) atoms. The van der Waals surface area contributed by atoms with Crippen LogP contribution in [0.5, 0.6) is 0 Å². The van der Waals surface area contributed by atoms with Crippen LogP contribution >= 0.6 is 0 Å². The first-order chi connectivity index (χ1) is 8.47. The van der Waals surface area contributed by atoms with Gasteiger partial charge in [-0.2, -0.15) is 0 Å². The molecule has 2 rings (SSSR count). The molecular weight excluding hydrogens is 230 g/mol. The summed E-state index contributed by atoms with van der Waals surface area (Å²) in [7, 11) is 0. The van der Waals surface area contributed by atoms with E-state index in [-0.39, 0.29) is 12.2 Å². The lowest BCUT2D eigenvalue weighted by Crippen LogP contribution is -2.45. The summed E-state index contributed by atoms with van der Waals surface area (Å²) in [5, 5.41) is 8.96. The zero-order chi connectivity index (χ0) is 13.3. The van der Waals surface area contributed by atoms with Gasteiger partial charge in [0.1, 0.15) is 0 Å². The molecule has 0 amide bonds. The molecule has 1 aromatic carbocycles. The number of hydrogen-bond acceptors (Lipinski definition) is 3. The molecule has 1 aromatic rings. The van der Waals surface area contributed by atoms with E-state index >= 15 is 0 Å². The third-order valence-electron chi connectivity index (χ3n) is 3.20. The third kappa shape index (κ3) is 2.64.